The molecule has 26 heavy (non-hydrogen) atoms. The molecule has 0 saturated heterocycles. The average molecular weight is 408 g/mol. The Balaban J connectivity index is 1.84. The number of carbonyl (C=O) groups is 2. The lowest BCUT2D eigenvalue weighted by Crippen LogP contribution is -2.30. The summed E-state index contributed by atoms with van der Waals surface area (Å²) in [6.07, 6.45) is 0.193. The topological polar surface area (TPSA) is 46.2 Å². The minimum Gasteiger partial charge on any atom is -0.345 e. The Morgan fingerprint density at radius 2 is 1.42 bits per heavy atom. The molecule has 3 rings (SSSR count). The third-order valence-electron chi connectivity index (χ3n) is 4.08. The van der Waals surface area contributed by atoms with Crippen LogP contribution < -0.4 is 5.32 Å². The lowest BCUT2D eigenvalue weighted by atomic mass is 9.97. The highest BCUT2D eigenvalue weighted by atomic mass is 79.9. The molecule has 0 saturated carbocycles. The van der Waals surface area contributed by atoms with E-state index < -0.39 is 6.04 Å². The van der Waals surface area contributed by atoms with E-state index in [1.807, 2.05) is 60.7 Å². The molecule has 3 aromatic rings. The van der Waals surface area contributed by atoms with Crippen LogP contribution in [0, 0.1) is 0 Å². The minimum atomic E-state index is -0.409. The van der Waals surface area contributed by atoms with Crippen LogP contribution in [0.3, 0.4) is 0 Å². The maximum atomic E-state index is 12.7. The highest BCUT2D eigenvalue weighted by Gasteiger charge is 2.20. The average Bonchev–Trinajstić information content (AvgIpc) is 2.68. The molecule has 4 heteroatoms. The van der Waals surface area contributed by atoms with Crippen molar-refractivity contribution in [3.8, 4) is 0 Å². The molecule has 3 nitrogen and oxygen atoms in total. The maximum Gasteiger partial charge on any atom is 0.251 e. The third-order valence-corrected chi connectivity index (χ3v) is 4.57. The first-order valence-corrected chi connectivity index (χ1v) is 9.12. The molecule has 0 aliphatic carbocycles. The number of carbonyl (C=O) groups excluding carboxylic acids is 2. The Labute approximate surface area is 161 Å². The molecule has 0 fully saturated rings. The van der Waals surface area contributed by atoms with E-state index in [0.717, 1.165) is 10.0 Å². The number of halogens is 1. The standard InChI is InChI=1S/C22H18BrNO2/c23-19-13-7-12-18(14-19)20(15-21(25)16-8-3-1-4-9-16)24-22(26)17-10-5-2-6-11-17/h1-14,20H,15H2,(H,24,26)/t20-/m0/s1. The second-order valence-corrected chi connectivity index (χ2v) is 6.86. The molecule has 130 valence electrons. The Morgan fingerprint density at radius 3 is 2.04 bits per heavy atom. The molecule has 0 aliphatic heterocycles. The highest BCUT2D eigenvalue weighted by molar-refractivity contribution is 9.10. The molecular formula is C22H18BrNO2. The maximum absolute atomic E-state index is 12.7. The van der Waals surface area contributed by atoms with Gasteiger partial charge < -0.3 is 5.32 Å². The van der Waals surface area contributed by atoms with Gasteiger partial charge in [0.1, 0.15) is 0 Å². The van der Waals surface area contributed by atoms with E-state index in [-0.39, 0.29) is 18.1 Å². The van der Waals surface area contributed by atoms with Crippen molar-refractivity contribution in [2.45, 2.75) is 12.5 Å². The van der Waals surface area contributed by atoms with Crippen LogP contribution in [0.15, 0.2) is 89.4 Å². The lowest BCUT2D eigenvalue weighted by Gasteiger charge is -2.19. The number of hydrogen-bond acceptors (Lipinski definition) is 2. The highest BCUT2D eigenvalue weighted by Crippen LogP contribution is 2.23. The first-order valence-electron chi connectivity index (χ1n) is 8.33. The van der Waals surface area contributed by atoms with Crippen molar-refractivity contribution in [3.63, 3.8) is 0 Å². The first kappa shape index (κ1) is 18.1. The molecule has 0 unspecified atom stereocenters. The van der Waals surface area contributed by atoms with Gasteiger partial charge in [0.05, 0.1) is 6.04 Å². The lowest BCUT2D eigenvalue weighted by molar-refractivity contribution is 0.0912. The van der Waals surface area contributed by atoms with Crippen molar-refractivity contribution < 1.29 is 9.59 Å². The zero-order valence-corrected chi connectivity index (χ0v) is 15.6. The second kappa shape index (κ2) is 8.59. The van der Waals surface area contributed by atoms with Gasteiger partial charge >= 0.3 is 0 Å². The van der Waals surface area contributed by atoms with Crippen molar-refractivity contribution >= 4 is 27.6 Å². The number of hydrogen-bond donors (Lipinski definition) is 1. The molecule has 0 aromatic heterocycles. The van der Waals surface area contributed by atoms with Crippen molar-refractivity contribution in [1.29, 1.82) is 0 Å². The quantitative estimate of drug-likeness (QED) is 0.571. The van der Waals surface area contributed by atoms with Gasteiger partial charge in [-0.3, -0.25) is 9.59 Å². The Hall–Kier alpha value is -2.72. The van der Waals surface area contributed by atoms with Crippen LogP contribution >= 0.6 is 15.9 Å². The van der Waals surface area contributed by atoms with Crippen LogP contribution in [0.2, 0.25) is 0 Å². The van der Waals surface area contributed by atoms with E-state index in [1.165, 1.54) is 0 Å². The van der Waals surface area contributed by atoms with Crippen LogP contribution in [-0.4, -0.2) is 11.7 Å². The van der Waals surface area contributed by atoms with Crippen molar-refractivity contribution in [2.75, 3.05) is 0 Å². The summed E-state index contributed by atoms with van der Waals surface area (Å²) in [5, 5.41) is 3.00. The Morgan fingerprint density at radius 1 is 0.808 bits per heavy atom. The number of rotatable bonds is 6. The van der Waals surface area contributed by atoms with Crippen molar-refractivity contribution in [1.82, 2.24) is 5.32 Å². The zero-order valence-electron chi connectivity index (χ0n) is 14.1. The van der Waals surface area contributed by atoms with Crippen LogP contribution in [0.1, 0.15) is 38.7 Å². The second-order valence-electron chi connectivity index (χ2n) is 5.94. The van der Waals surface area contributed by atoms with Crippen LogP contribution in [0.25, 0.3) is 0 Å². The summed E-state index contributed by atoms with van der Waals surface area (Å²) in [7, 11) is 0. The van der Waals surface area contributed by atoms with E-state index in [2.05, 4.69) is 21.2 Å². The molecule has 1 atom stereocenters. The predicted molar refractivity (Wildman–Crippen MR) is 106 cm³/mol. The molecule has 1 N–H and O–H groups in total. The number of benzene rings is 3. The number of amides is 1. The van der Waals surface area contributed by atoms with E-state index in [1.54, 1.807) is 24.3 Å². The van der Waals surface area contributed by atoms with Gasteiger partial charge in [0.15, 0.2) is 5.78 Å². The summed E-state index contributed by atoms with van der Waals surface area (Å²) >= 11 is 3.46. The van der Waals surface area contributed by atoms with Gasteiger partial charge in [-0.15, -0.1) is 0 Å². The molecule has 0 heterocycles. The molecule has 0 bridgehead atoms. The molecule has 3 aromatic carbocycles. The fourth-order valence-corrected chi connectivity index (χ4v) is 3.15. The van der Waals surface area contributed by atoms with Crippen molar-refractivity contribution in [3.05, 3.63) is 106 Å². The molecule has 0 radical (unpaired) electrons. The summed E-state index contributed by atoms with van der Waals surface area (Å²) in [5.74, 6) is -0.208. The van der Waals surface area contributed by atoms with Gasteiger partial charge in [0.2, 0.25) is 0 Å². The number of nitrogens with one attached hydrogen (secondary N) is 1. The Bertz CT molecular complexity index is 841. The smallest absolute Gasteiger partial charge is 0.251 e. The van der Waals surface area contributed by atoms with Gasteiger partial charge in [-0.2, -0.15) is 0 Å². The Kier molecular flexibility index (Phi) is 5.97. The van der Waals surface area contributed by atoms with E-state index in [9.17, 15) is 9.59 Å². The minimum absolute atomic E-state index is 0.0102. The number of Topliss-reactive ketones (excluding diaryl/α,β-unsaturated/α-hetero) is 1. The molecule has 1 amide bonds. The summed E-state index contributed by atoms with van der Waals surface area (Å²) in [6.45, 7) is 0. The third kappa shape index (κ3) is 4.67. The fourth-order valence-electron chi connectivity index (χ4n) is 2.73. The van der Waals surface area contributed by atoms with Gasteiger partial charge in [-0.25, -0.2) is 0 Å². The number of ketones is 1. The summed E-state index contributed by atoms with van der Waals surface area (Å²) in [6, 6.07) is 25.4. The van der Waals surface area contributed by atoms with E-state index >= 15 is 0 Å². The summed E-state index contributed by atoms with van der Waals surface area (Å²) in [5.41, 5.74) is 2.09. The first-order chi connectivity index (χ1) is 12.6. The molecule has 0 spiro atoms. The molecule has 0 aliphatic rings. The predicted octanol–water partition coefficient (Wildman–Crippen LogP) is 5.19. The normalized spacial score (nSPS) is 11.6. The van der Waals surface area contributed by atoms with Gasteiger partial charge in [0.25, 0.3) is 5.91 Å². The zero-order chi connectivity index (χ0) is 18.4. The SMILES string of the molecule is O=C(C[C@H](NC(=O)c1ccccc1)c1cccc(Br)c1)c1ccccc1. The van der Waals surface area contributed by atoms with Gasteiger partial charge in [-0.05, 0) is 29.8 Å². The fraction of sp³-hybridized carbons (Fsp3) is 0.0909. The largest absolute Gasteiger partial charge is 0.345 e. The van der Waals surface area contributed by atoms with E-state index in [0.29, 0.717) is 11.1 Å². The van der Waals surface area contributed by atoms with Crippen LogP contribution in [-0.2, 0) is 0 Å². The monoisotopic (exact) mass is 407 g/mol. The van der Waals surface area contributed by atoms with Gasteiger partial charge in [0, 0.05) is 22.0 Å². The van der Waals surface area contributed by atoms with Crippen molar-refractivity contribution in [2.24, 2.45) is 0 Å². The molecular weight excluding hydrogens is 390 g/mol. The summed E-state index contributed by atoms with van der Waals surface area (Å²) < 4.78 is 0.904. The van der Waals surface area contributed by atoms with E-state index in [4.69, 9.17) is 0 Å². The van der Waals surface area contributed by atoms with Gasteiger partial charge in [-0.1, -0.05) is 76.6 Å². The van der Waals surface area contributed by atoms with Crippen LogP contribution in [0.5, 0.6) is 0 Å². The van der Waals surface area contributed by atoms with Crippen LogP contribution in [0.4, 0.5) is 0 Å². The summed E-state index contributed by atoms with van der Waals surface area (Å²) in [4.78, 5) is 25.3.